The summed E-state index contributed by atoms with van der Waals surface area (Å²) in [6, 6.07) is 17.2. The van der Waals surface area contributed by atoms with Gasteiger partial charge in [0, 0.05) is 57.0 Å². The number of benzene rings is 2. The molecule has 0 saturated carbocycles. The van der Waals surface area contributed by atoms with Crippen LogP contribution >= 0.6 is 0 Å². The van der Waals surface area contributed by atoms with E-state index in [-0.39, 0.29) is 24.0 Å². The molecule has 1 aromatic heterocycles. The number of hydrogen-bond acceptors (Lipinski definition) is 6. The Morgan fingerprint density at radius 2 is 1.73 bits per heavy atom. The average Bonchev–Trinajstić information content (AvgIpc) is 3.48. The first-order chi connectivity index (χ1) is 19.7. The predicted octanol–water partition coefficient (Wildman–Crippen LogP) is 4.90. The van der Waals surface area contributed by atoms with Crippen LogP contribution < -0.4 is 10.5 Å². The van der Waals surface area contributed by atoms with E-state index in [0.717, 1.165) is 38.0 Å². The molecule has 9 heteroatoms. The van der Waals surface area contributed by atoms with Crippen LogP contribution in [0.3, 0.4) is 0 Å². The molecule has 2 saturated heterocycles. The number of likely N-dealkylation sites (tertiary alicyclic amines) is 2. The second-order valence-electron chi connectivity index (χ2n) is 11.2. The van der Waals surface area contributed by atoms with Crippen molar-refractivity contribution >= 4 is 12.0 Å². The second-order valence-corrected chi connectivity index (χ2v) is 11.2. The SMILES string of the molecule is CC(C)c1ccc(CN2CC(Oc3ccc(-c4ccc(C[C@H](OC(N)=O)C(=O)N5CCCC5)c(F)c4)cn3)C2)cc1. The van der Waals surface area contributed by atoms with Crippen LogP contribution in [0.1, 0.15) is 49.3 Å². The molecule has 2 amide bonds. The summed E-state index contributed by atoms with van der Waals surface area (Å²) in [7, 11) is 0. The van der Waals surface area contributed by atoms with Crippen LogP contribution in [0.4, 0.5) is 9.18 Å². The summed E-state index contributed by atoms with van der Waals surface area (Å²) in [5.74, 6) is 0.216. The van der Waals surface area contributed by atoms with Crippen LogP contribution in [0.2, 0.25) is 0 Å². The van der Waals surface area contributed by atoms with E-state index < -0.39 is 18.0 Å². The molecule has 0 radical (unpaired) electrons. The summed E-state index contributed by atoms with van der Waals surface area (Å²) in [6.07, 6.45) is 1.23. The van der Waals surface area contributed by atoms with Gasteiger partial charge in [-0.2, -0.15) is 0 Å². The van der Waals surface area contributed by atoms with Gasteiger partial charge in [0.15, 0.2) is 6.10 Å². The van der Waals surface area contributed by atoms with Crippen molar-refractivity contribution in [2.75, 3.05) is 26.2 Å². The third kappa shape index (κ3) is 7.21. The van der Waals surface area contributed by atoms with Crippen molar-refractivity contribution in [1.29, 1.82) is 0 Å². The molecule has 0 unspecified atom stereocenters. The van der Waals surface area contributed by atoms with Gasteiger partial charge in [-0.1, -0.05) is 50.2 Å². The lowest BCUT2D eigenvalue weighted by atomic mass is 10.0. The molecule has 3 aromatic rings. The fourth-order valence-electron chi connectivity index (χ4n) is 5.34. The highest BCUT2D eigenvalue weighted by molar-refractivity contribution is 5.84. The number of carbonyl (C=O) groups excluding carboxylic acids is 2. The molecule has 0 spiro atoms. The van der Waals surface area contributed by atoms with Crippen LogP contribution in [0.5, 0.6) is 5.88 Å². The normalized spacial score (nSPS) is 16.4. The van der Waals surface area contributed by atoms with Crippen molar-refractivity contribution in [3.8, 4) is 17.0 Å². The topological polar surface area (TPSA) is 98.0 Å². The number of aromatic nitrogens is 1. The molecule has 8 nitrogen and oxygen atoms in total. The number of rotatable bonds is 10. The lowest BCUT2D eigenvalue weighted by Gasteiger charge is -2.38. The van der Waals surface area contributed by atoms with E-state index in [4.69, 9.17) is 15.2 Å². The quantitative estimate of drug-likeness (QED) is 0.379. The number of halogens is 1. The standard InChI is InChI=1S/C32H37FN4O4/c1-21(2)23-7-5-22(6-8-23)18-36-19-27(20-36)40-30-12-11-26(17-35-30)24-9-10-25(28(33)15-24)16-29(41-32(34)39)31(38)37-13-3-4-14-37/h5-12,15,17,21,27,29H,3-4,13-14,16,18-20H2,1-2H3,(H2,34,39)/t29-/m0/s1. The van der Waals surface area contributed by atoms with Crippen molar-refractivity contribution in [2.45, 2.75) is 57.8 Å². The molecule has 0 bridgehead atoms. The van der Waals surface area contributed by atoms with E-state index in [1.54, 1.807) is 29.3 Å². The van der Waals surface area contributed by atoms with Gasteiger partial charge in [0.05, 0.1) is 0 Å². The molecule has 5 rings (SSSR count). The van der Waals surface area contributed by atoms with E-state index in [0.29, 0.717) is 30.5 Å². The van der Waals surface area contributed by atoms with Gasteiger partial charge in [-0.3, -0.25) is 9.69 Å². The van der Waals surface area contributed by atoms with Gasteiger partial charge in [-0.15, -0.1) is 0 Å². The maximum absolute atomic E-state index is 15.1. The molecule has 1 atom stereocenters. The van der Waals surface area contributed by atoms with E-state index in [9.17, 15) is 9.59 Å². The molecule has 2 N–H and O–H groups in total. The van der Waals surface area contributed by atoms with Crippen molar-refractivity contribution in [3.05, 3.63) is 83.3 Å². The minimum atomic E-state index is -1.16. The summed E-state index contributed by atoms with van der Waals surface area (Å²) in [5, 5.41) is 0. The summed E-state index contributed by atoms with van der Waals surface area (Å²) in [5.41, 5.74) is 9.47. The van der Waals surface area contributed by atoms with Gasteiger partial charge in [0.1, 0.15) is 11.9 Å². The summed E-state index contributed by atoms with van der Waals surface area (Å²) >= 11 is 0. The Morgan fingerprint density at radius 1 is 1.02 bits per heavy atom. The van der Waals surface area contributed by atoms with Crippen LogP contribution in [0.25, 0.3) is 11.1 Å². The summed E-state index contributed by atoms with van der Waals surface area (Å²) < 4.78 is 26.2. The van der Waals surface area contributed by atoms with Crippen molar-refractivity contribution in [3.63, 3.8) is 0 Å². The monoisotopic (exact) mass is 560 g/mol. The fraction of sp³-hybridized carbons (Fsp3) is 0.406. The van der Waals surface area contributed by atoms with Crippen LogP contribution in [-0.2, 0) is 22.5 Å². The Bertz CT molecular complexity index is 1350. The number of primary amides is 1. The average molecular weight is 561 g/mol. The van der Waals surface area contributed by atoms with Gasteiger partial charge >= 0.3 is 6.09 Å². The van der Waals surface area contributed by atoms with Crippen LogP contribution in [-0.4, -0.2) is 65.2 Å². The van der Waals surface area contributed by atoms with E-state index in [1.165, 1.54) is 17.2 Å². The maximum Gasteiger partial charge on any atom is 0.405 e. The Morgan fingerprint density at radius 3 is 2.34 bits per heavy atom. The Kier molecular flexibility index (Phi) is 8.83. The second kappa shape index (κ2) is 12.7. The molecule has 0 aliphatic carbocycles. The molecular weight excluding hydrogens is 523 g/mol. The molecule has 2 aliphatic heterocycles. The highest BCUT2D eigenvalue weighted by Crippen LogP contribution is 2.26. The van der Waals surface area contributed by atoms with Gasteiger partial charge in [0.2, 0.25) is 5.88 Å². The number of ether oxygens (including phenoxy) is 2. The smallest absolute Gasteiger partial charge is 0.405 e. The highest BCUT2D eigenvalue weighted by atomic mass is 19.1. The molecule has 2 aliphatic rings. The summed E-state index contributed by atoms with van der Waals surface area (Å²) in [6.45, 7) is 8.15. The van der Waals surface area contributed by atoms with Crippen molar-refractivity contribution in [2.24, 2.45) is 5.73 Å². The highest BCUT2D eigenvalue weighted by Gasteiger charge is 2.30. The minimum Gasteiger partial charge on any atom is -0.472 e. The Labute approximate surface area is 240 Å². The third-order valence-electron chi connectivity index (χ3n) is 7.74. The fourth-order valence-corrected chi connectivity index (χ4v) is 5.34. The van der Waals surface area contributed by atoms with E-state index in [1.807, 2.05) is 6.07 Å². The van der Waals surface area contributed by atoms with E-state index in [2.05, 4.69) is 48.0 Å². The summed E-state index contributed by atoms with van der Waals surface area (Å²) in [4.78, 5) is 32.6. The lowest BCUT2D eigenvalue weighted by molar-refractivity contribution is -0.139. The first kappa shape index (κ1) is 28.5. The zero-order chi connectivity index (χ0) is 28.9. The van der Waals surface area contributed by atoms with Gasteiger partial charge in [-0.25, -0.2) is 14.2 Å². The van der Waals surface area contributed by atoms with Gasteiger partial charge in [0.25, 0.3) is 5.91 Å². The number of pyridine rings is 1. The molecule has 216 valence electrons. The Hall–Kier alpha value is -3.98. The number of nitrogens with zero attached hydrogens (tertiary/aromatic N) is 3. The van der Waals surface area contributed by atoms with Crippen molar-refractivity contribution in [1.82, 2.24) is 14.8 Å². The number of nitrogens with two attached hydrogens (primary N) is 1. The molecule has 41 heavy (non-hydrogen) atoms. The van der Waals surface area contributed by atoms with Crippen LogP contribution in [0, 0.1) is 5.82 Å². The number of carbonyl (C=O) groups is 2. The third-order valence-corrected chi connectivity index (χ3v) is 7.74. The Balaban J connectivity index is 1.14. The predicted molar refractivity (Wildman–Crippen MR) is 154 cm³/mol. The van der Waals surface area contributed by atoms with Crippen LogP contribution in [0.15, 0.2) is 60.8 Å². The van der Waals surface area contributed by atoms with E-state index >= 15 is 4.39 Å². The molecule has 2 aromatic carbocycles. The zero-order valence-electron chi connectivity index (χ0n) is 23.6. The molecule has 3 heterocycles. The van der Waals surface area contributed by atoms with Crippen molar-refractivity contribution < 1.29 is 23.5 Å². The first-order valence-corrected chi connectivity index (χ1v) is 14.2. The number of amides is 2. The first-order valence-electron chi connectivity index (χ1n) is 14.2. The largest absolute Gasteiger partial charge is 0.472 e. The lowest BCUT2D eigenvalue weighted by Crippen LogP contribution is -2.53. The van der Waals surface area contributed by atoms with Gasteiger partial charge < -0.3 is 20.1 Å². The maximum atomic E-state index is 15.1. The molecular formula is C32H37FN4O4. The minimum absolute atomic E-state index is 0.0823. The molecule has 2 fully saturated rings. The number of hydrogen-bond donors (Lipinski definition) is 1. The van der Waals surface area contributed by atoms with Gasteiger partial charge in [-0.05, 0) is 53.1 Å². The zero-order valence-corrected chi connectivity index (χ0v) is 23.6.